The summed E-state index contributed by atoms with van der Waals surface area (Å²) in [4.78, 5) is 20.2. The third-order valence-corrected chi connectivity index (χ3v) is 1.20. The van der Waals surface area contributed by atoms with Crippen LogP contribution in [-0.4, -0.2) is 18.7 Å². The van der Waals surface area contributed by atoms with Crippen molar-refractivity contribution < 1.29 is 9.59 Å². The molecule has 0 aliphatic heterocycles. The van der Waals surface area contributed by atoms with E-state index in [-0.39, 0.29) is 11.7 Å². The maximum Gasteiger partial charge on any atom is 0.207 e. The molecule has 0 aliphatic carbocycles. The molecule has 1 amide bonds. The third kappa shape index (κ3) is 3.70. The van der Waals surface area contributed by atoms with Crippen molar-refractivity contribution >= 4 is 12.2 Å². The Morgan fingerprint density at radius 3 is 2.67 bits per heavy atom. The molecule has 0 radical (unpaired) electrons. The summed E-state index contributed by atoms with van der Waals surface area (Å²) in [6, 6.07) is 0. The zero-order valence-electron chi connectivity index (χ0n) is 5.68. The smallest absolute Gasteiger partial charge is 0.207 e. The molecule has 0 aromatic heterocycles. The molecule has 0 aromatic carbocycles. The lowest BCUT2D eigenvalue weighted by molar-refractivity contribution is -0.120. The van der Waals surface area contributed by atoms with Gasteiger partial charge in [0.05, 0.1) is 0 Å². The largest absolute Gasteiger partial charge is 0.358 e. The van der Waals surface area contributed by atoms with Gasteiger partial charge in [0.25, 0.3) is 0 Å². The van der Waals surface area contributed by atoms with Crippen LogP contribution in [0.2, 0.25) is 0 Å². The Bertz CT molecular complexity index is 112. The Kier molecular flexibility index (Phi) is 3.67. The highest BCUT2D eigenvalue weighted by Gasteiger charge is 2.04. The van der Waals surface area contributed by atoms with Crippen LogP contribution < -0.4 is 5.32 Å². The summed E-state index contributed by atoms with van der Waals surface area (Å²) in [5.74, 6) is 0.0413. The number of carbonyl (C=O) groups is 2. The Labute approximate surface area is 54.4 Å². The SMILES string of the molecule is CC(=O)[C@H](C)CNC=O. The van der Waals surface area contributed by atoms with E-state index in [1.807, 2.05) is 0 Å². The maximum absolute atomic E-state index is 10.5. The van der Waals surface area contributed by atoms with Crippen molar-refractivity contribution in [3.63, 3.8) is 0 Å². The van der Waals surface area contributed by atoms with Crippen LogP contribution in [0.4, 0.5) is 0 Å². The fraction of sp³-hybridized carbons (Fsp3) is 0.667. The van der Waals surface area contributed by atoms with Crippen molar-refractivity contribution in [2.24, 2.45) is 5.92 Å². The molecule has 0 saturated heterocycles. The van der Waals surface area contributed by atoms with E-state index in [1.54, 1.807) is 6.92 Å². The zero-order chi connectivity index (χ0) is 7.28. The van der Waals surface area contributed by atoms with Crippen LogP contribution in [0.1, 0.15) is 13.8 Å². The molecule has 0 rings (SSSR count). The first-order valence-corrected chi connectivity index (χ1v) is 2.86. The van der Waals surface area contributed by atoms with Gasteiger partial charge in [-0.25, -0.2) is 0 Å². The van der Waals surface area contributed by atoms with E-state index in [2.05, 4.69) is 5.32 Å². The number of carbonyl (C=O) groups excluding carboxylic acids is 2. The van der Waals surface area contributed by atoms with E-state index in [0.29, 0.717) is 13.0 Å². The van der Waals surface area contributed by atoms with Gasteiger partial charge in [-0.1, -0.05) is 6.92 Å². The van der Waals surface area contributed by atoms with Gasteiger partial charge >= 0.3 is 0 Å². The highest BCUT2D eigenvalue weighted by molar-refractivity contribution is 5.78. The van der Waals surface area contributed by atoms with Crippen LogP contribution in [0.25, 0.3) is 0 Å². The van der Waals surface area contributed by atoms with Gasteiger partial charge in [-0.05, 0) is 6.92 Å². The zero-order valence-corrected chi connectivity index (χ0v) is 5.68. The summed E-state index contributed by atoms with van der Waals surface area (Å²) in [6.45, 7) is 3.73. The summed E-state index contributed by atoms with van der Waals surface area (Å²) in [7, 11) is 0. The number of hydrogen-bond acceptors (Lipinski definition) is 2. The van der Waals surface area contributed by atoms with Gasteiger partial charge in [0, 0.05) is 12.5 Å². The van der Waals surface area contributed by atoms with E-state index in [4.69, 9.17) is 0 Å². The Hall–Kier alpha value is -0.860. The van der Waals surface area contributed by atoms with Gasteiger partial charge in [-0.15, -0.1) is 0 Å². The standard InChI is InChI=1S/C6H11NO2/c1-5(6(2)9)3-7-4-8/h4-5H,3H2,1-2H3,(H,7,8)/t5-/m1/s1. The summed E-state index contributed by atoms with van der Waals surface area (Å²) in [6.07, 6.45) is 0.597. The van der Waals surface area contributed by atoms with E-state index in [9.17, 15) is 9.59 Å². The van der Waals surface area contributed by atoms with Crippen molar-refractivity contribution in [3.8, 4) is 0 Å². The second kappa shape index (κ2) is 4.06. The van der Waals surface area contributed by atoms with Crippen LogP contribution in [0, 0.1) is 5.92 Å². The number of rotatable bonds is 4. The maximum atomic E-state index is 10.5. The highest BCUT2D eigenvalue weighted by Crippen LogP contribution is 1.91. The van der Waals surface area contributed by atoms with E-state index in [0.717, 1.165) is 0 Å². The van der Waals surface area contributed by atoms with Crippen LogP contribution >= 0.6 is 0 Å². The predicted molar refractivity (Wildman–Crippen MR) is 33.9 cm³/mol. The Morgan fingerprint density at radius 1 is 1.78 bits per heavy atom. The molecule has 0 heterocycles. The monoisotopic (exact) mass is 129 g/mol. The lowest BCUT2D eigenvalue weighted by Gasteiger charge is -2.03. The van der Waals surface area contributed by atoms with Crippen molar-refractivity contribution in [1.29, 1.82) is 0 Å². The van der Waals surface area contributed by atoms with E-state index >= 15 is 0 Å². The number of nitrogens with one attached hydrogen (secondary N) is 1. The summed E-state index contributed by atoms with van der Waals surface area (Å²) in [5.41, 5.74) is 0. The van der Waals surface area contributed by atoms with Gasteiger partial charge in [-0.2, -0.15) is 0 Å². The minimum atomic E-state index is -0.0600. The summed E-state index contributed by atoms with van der Waals surface area (Å²) in [5, 5.41) is 2.43. The van der Waals surface area contributed by atoms with Crippen molar-refractivity contribution in [1.82, 2.24) is 5.32 Å². The van der Waals surface area contributed by atoms with Gasteiger partial charge in [-0.3, -0.25) is 9.59 Å². The van der Waals surface area contributed by atoms with E-state index in [1.165, 1.54) is 6.92 Å². The third-order valence-electron chi connectivity index (χ3n) is 1.20. The molecule has 3 nitrogen and oxygen atoms in total. The molecule has 0 bridgehead atoms. The molecular formula is C6H11NO2. The molecule has 0 aromatic rings. The van der Waals surface area contributed by atoms with Gasteiger partial charge in [0.15, 0.2) is 0 Å². The molecule has 0 fully saturated rings. The quantitative estimate of drug-likeness (QED) is 0.541. The first-order valence-electron chi connectivity index (χ1n) is 2.86. The number of ketones is 1. The topological polar surface area (TPSA) is 46.2 Å². The van der Waals surface area contributed by atoms with Gasteiger partial charge in [0.2, 0.25) is 6.41 Å². The molecule has 9 heavy (non-hydrogen) atoms. The second-order valence-corrected chi connectivity index (χ2v) is 2.04. The Morgan fingerprint density at radius 2 is 2.33 bits per heavy atom. The fourth-order valence-corrected chi connectivity index (χ4v) is 0.369. The Balaban J connectivity index is 3.37. The second-order valence-electron chi connectivity index (χ2n) is 2.04. The van der Waals surface area contributed by atoms with Crippen LogP contribution in [0.3, 0.4) is 0 Å². The van der Waals surface area contributed by atoms with Crippen molar-refractivity contribution in [2.75, 3.05) is 6.54 Å². The number of Topliss-reactive ketones (excluding diaryl/α,β-unsaturated/α-hetero) is 1. The minimum absolute atomic E-state index is 0.0600. The van der Waals surface area contributed by atoms with Crippen molar-refractivity contribution in [2.45, 2.75) is 13.8 Å². The fourth-order valence-electron chi connectivity index (χ4n) is 0.369. The summed E-state index contributed by atoms with van der Waals surface area (Å²) >= 11 is 0. The molecule has 0 unspecified atom stereocenters. The molecular weight excluding hydrogens is 118 g/mol. The first kappa shape index (κ1) is 8.14. The molecule has 52 valence electrons. The predicted octanol–water partition coefficient (Wildman–Crippen LogP) is -0.0425. The van der Waals surface area contributed by atoms with Crippen LogP contribution in [0.15, 0.2) is 0 Å². The molecule has 3 heteroatoms. The molecule has 1 atom stereocenters. The van der Waals surface area contributed by atoms with Gasteiger partial charge < -0.3 is 5.32 Å². The highest BCUT2D eigenvalue weighted by atomic mass is 16.1. The molecule has 0 aliphatic rings. The molecule has 1 N–H and O–H groups in total. The minimum Gasteiger partial charge on any atom is -0.358 e. The van der Waals surface area contributed by atoms with Crippen molar-refractivity contribution in [3.05, 3.63) is 0 Å². The normalized spacial score (nSPS) is 12.2. The lowest BCUT2D eigenvalue weighted by Crippen LogP contribution is -2.23. The number of hydrogen-bond donors (Lipinski definition) is 1. The van der Waals surface area contributed by atoms with Crippen LogP contribution in [0.5, 0.6) is 0 Å². The average molecular weight is 129 g/mol. The first-order chi connectivity index (χ1) is 4.18. The molecule has 0 spiro atoms. The number of amides is 1. The van der Waals surface area contributed by atoms with E-state index < -0.39 is 0 Å². The van der Waals surface area contributed by atoms with Gasteiger partial charge in [0.1, 0.15) is 5.78 Å². The average Bonchev–Trinajstić information content (AvgIpc) is 1.82. The molecule has 0 saturated carbocycles. The lowest BCUT2D eigenvalue weighted by atomic mass is 10.1. The summed E-state index contributed by atoms with van der Waals surface area (Å²) < 4.78 is 0. The van der Waals surface area contributed by atoms with Crippen LogP contribution in [-0.2, 0) is 9.59 Å².